The van der Waals surface area contributed by atoms with Gasteiger partial charge in [0.15, 0.2) is 5.78 Å². The highest BCUT2D eigenvalue weighted by atomic mass is 16.1. The number of rotatable bonds is 0. The van der Waals surface area contributed by atoms with Gasteiger partial charge in [0.25, 0.3) is 0 Å². The van der Waals surface area contributed by atoms with Crippen LogP contribution >= 0.6 is 0 Å². The molecule has 0 radical (unpaired) electrons. The van der Waals surface area contributed by atoms with Gasteiger partial charge in [0.1, 0.15) is 0 Å². The van der Waals surface area contributed by atoms with Crippen molar-refractivity contribution >= 4 is 5.78 Å². The van der Waals surface area contributed by atoms with Crippen LogP contribution in [-0.4, -0.2) is 5.78 Å². The summed E-state index contributed by atoms with van der Waals surface area (Å²) in [4.78, 5) is 11.6. The Labute approximate surface area is 77.8 Å². The van der Waals surface area contributed by atoms with Crippen LogP contribution in [0, 0.1) is 23.7 Å². The average Bonchev–Trinajstić information content (AvgIpc) is 2.69. The summed E-state index contributed by atoms with van der Waals surface area (Å²) < 4.78 is 0. The standard InChI is InChI=1S/C12H12O/c1-7-2-3-8-6-9-4-5-10(13)12(9)11(7)8/h2-5,8-9,11-12H,1,6H2/t8-,9+,11-,12-/m0/s1. The lowest BCUT2D eigenvalue weighted by Gasteiger charge is -2.16. The van der Waals surface area contributed by atoms with Crippen LogP contribution in [0.15, 0.2) is 36.5 Å². The topological polar surface area (TPSA) is 17.1 Å². The molecule has 1 nitrogen and oxygen atoms in total. The summed E-state index contributed by atoms with van der Waals surface area (Å²) in [6.07, 6.45) is 9.32. The van der Waals surface area contributed by atoms with Gasteiger partial charge >= 0.3 is 0 Å². The van der Waals surface area contributed by atoms with E-state index in [1.54, 1.807) is 6.08 Å². The van der Waals surface area contributed by atoms with E-state index in [1.165, 1.54) is 0 Å². The molecule has 0 aromatic rings. The Kier molecular flexibility index (Phi) is 1.25. The van der Waals surface area contributed by atoms with Crippen LogP contribution in [0.2, 0.25) is 0 Å². The molecule has 4 atom stereocenters. The van der Waals surface area contributed by atoms with Crippen molar-refractivity contribution in [3.05, 3.63) is 36.5 Å². The third-order valence-corrected chi connectivity index (χ3v) is 3.68. The minimum absolute atomic E-state index is 0.229. The second-order valence-corrected chi connectivity index (χ2v) is 4.31. The van der Waals surface area contributed by atoms with Gasteiger partial charge in [-0.25, -0.2) is 0 Å². The zero-order chi connectivity index (χ0) is 9.00. The summed E-state index contributed by atoms with van der Waals surface area (Å²) in [5.74, 6) is 2.07. The molecule has 0 aromatic carbocycles. The van der Waals surface area contributed by atoms with Crippen molar-refractivity contribution in [1.29, 1.82) is 0 Å². The summed E-state index contributed by atoms with van der Waals surface area (Å²) >= 11 is 0. The van der Waals surface area contributed by atoms with Gasteiger partial charge in [0.2, 0.25) is 0 Å². The molecule has 0 amide bonds. The van der Waals surface area contributed by atoms with Crippen molar-refractivity contribution < 1.29 is 4.79 Å². The fraction of sp³-hybridized carbons (Fsp3) is 0.417. The largest absolute Gasteiger partial charge is 0.295 e. The molecule has 0 spiro atoms. The Morgan fingerprint density at radius 2 is 1.85 bits per heavy atom. The normalized spacial score (nSPS) is 45.8. The average molecular weight is 172 g/mol. The molecule has 0 N–H and O–H groups in total. The fourth-order valence-corrected chi connectivity index (χ4v) is 3.12. The Hall–Kier alpha value is -1.11. The van der Waals surface area contributed by atoms with Crippen LogP contribution < -0.4 is 0 Å². The quantitative estimate of drug-likeness (QED) is 0.547. The van der Waals surface area contributed by atoms with E-state index >= 15 is 0 Å². The number of allylic oxidation sites excluding steroid dienone is 5. The summed E-state index contributed by atoms with van der Waals surface area (Å²) in [5.41, 5.74) is 1.16. The number of hydrogen-bond acceptors (Lipinski definition) is 1. The van der Waals surface area contributed by atoms with E-state index in [-0.39, 0.29) is 5.92 Å². The summed E-state index contributed by atoms with van der Waals surface area (Å²) in [5, 5.41) is 0. The Balaban J connectivity index is 2.01. The van der Waals surface area contributed by atoms with Gasteiger partial charge in [-0.15, -0.1) is 0 Å². The summed E-state index contributed by atoms with van der Waals surface area (Å²) in [7, 11) is 0. The minimum Gasteiger partial charge on any atom is -0.295 e. The van der Waals surface area contributed by atoms with E-state index in [0.717, 1.165) is 12.0 Å². The molecule has 1 fully saturated rings. The van der Waals surface area contributed by atoms with E-state index in [4.69, 9.17) is 0 Å². The Morgan fingerprint density at radius 3 is 2.69 bits per heavy atom. The maximum absolute atomic E-state index is 11.6. The van der Waals surface area contributed by atoms with Crippen molar-refractivity contribution in [3.63, 3.8) is 0 Å². The van der Waals surface area contributed by atoms with Crippen LogP contribution in [-0.2, 0) is 4.79 Å². The van der Waals surface area contributed by atoms with Crippen LogP contribution in [0.25, 0.3) is 0 Å². The minimum atomic E-state index is 0.229. The molecule has 3 aliphatic rings. The van der Waals surface area contributed by atoms with Gasteiger partial charge in [0.05, 0.1) is 0 Å². The van der Waals surface area contributed by atoms with Crippen LogP contribution in [0.4, 0.5) is 0 Å². The zero-order valence-electron chi connectivity index (χ0n) is 7.44. The molecule has 0 bridgehead atoms. The molecule has 13 heavy (non-hydrogen) atoms. The van der Waals surface area contributed by atoms with E-state index < -0.39 is 0 Å². The third-order valence-electron chi connectivity index (χ3n) is 3.68. The van der Waals surface area contributed by atoms with Crippen molar-refractivity contribution in [3.8, 4) is 0 Å². The highest BCUT2D eigenvalue weighted by Crippen LogP contribution is 2.52. The zero-order valence-corrected chi connectivity index (χ0v) is 7.44. The second kappa shape index (κ2) is 2.22. The highest BCUT2D eigenvalue weighted by Gasteiger charge is 2.48. The fourth-order valence-electron chi connectivity index (χ4n) is 3.12. The predicted octanol–water partition coefficient (Wildman–Crippen LogP) is 2.12. The number of fused-ring (bicyclic) bond motifs is 3. The molecule has 3 aliphatic carbocycles. The maximum Gasteiger partial charge on any atom is 0.159 e. The van der Waals surface area contributed by atoms with Gasteiger partial charge in [-0.1, -0.05) is 30.4 Å². The van der Waals surface area contributed by atoms with Crippen LogP contribution in [0.3, 0.4) is 0 Å². The first-order valence-electron chi connectivity index (χ1n) is 4.86. The highest BCUT2D eigenvalue weighted by molar-refractivity contribution is 5.95. The SMILES string of the molecule is C=C1C=C[C@H]2C[C@H]3C=CC(=O)[C@H]3[C@@H]12. The second-order valence-electron chi connectivity index (χ2n) is 4.31. The van der Waals surface area contributed by atoms with Gasteiger partial charge in [-0.05, 0) is 24.3 Å². The number of carbonyl (C=O) groups excluding carboxylic acids is 1. The lowest BCUT2D eigenvalue weighted by molar-refractivity contribution is -0.118. The Morgan fingerprint density at radius 1 is 1.15 bits per heavy atom. The van der Waals surface area contributed by atoms with Crippen molar-refractivity contribution in [2.45, 2.75) is 6.42 Å². The lowest BCUT2D eigenvalue weighted by atomic mass is 9.85. The molecule has 1 heteroatoms. The van der Waals surface area contributed by atoms with E-state index in [9.17, 15) is 4.79 Å². The molecule has 0 saturated heterocycles. The van der Waals surface area contributed by atoms with Crippen LogP contribution in [0.5, 0.6) is 0 Å². The van der Waals surface area contributed by atoms with Gasteiger partial charge in [-0.3, -0.25) is 4.79 Å². The van der Waals surface area contributed by atoms with Gasteiger partial charge in [0, 0.05) is 11.8 Å². The third kappa shape index (κ3) is 0.796. The monoisotopic (exact) mass is 172 g/mol. The van der Waals surface area contributed by atoms with Gasteiger partial charge in [-0.2, -0.15) is 0 Å². The number of hydrogen-bond donors (Lipinski definition) is 0. The Bertz CT molecular complexity index is 314. The maximum atomic E-state index is 11.6. The van der Waals surface area contributed by atoms with Crippen LogP contribution in [0.1, 0.15) is 6.42 Å². The molecule has 0 unspecified atom stereocenters. The van der Waals surface area contributed by atoms with Crippen molar-refractivity contribution in [2.75, 3.05) is 0 Å². The molecule has 0 aromatic heterocycles. The van der Waals surface area contributed by atoms with E-state index in [0.29, 0.717) is 23.5 Å². The smallest absolute Gasteiger partial charge is 0.159 e. The first-order chi connectivity index (χ1) is 6.27. The number of carbonyl (C=O) groups is 1. The molecular formula is C12H12O. The first kappa shape index (κ1) is 7.31. The molecule has 66 valence electrons. The molecule has 1 saturated carbocycles. The van der Waals surface area contributed by atoms with Gasteiger partial charge < -0.3 is 0 Å². The summed E-state index contributed by atoms with van der Waals surface area (Å²) in [6.45, 7) is 4.02. The summed E-state index contributed by atoms with van der Waals surface area (Å²) in [6, 6.07) is 0. The number of ketones is 1. The van der Waals surface area contributed by atoms with Crippen molar-refractivity contribution in [2.24, 2.45) is 23.7 Å². The first-order valence-corrected chi connectivity index (χ1v) is 4.86. The van der Waals surface area contributed by atoms with Crippen molar-refractivity contribution in [1.82, 2.24) is 0 Å². The molecular weight excluding hydrogens is 160 g/mol. The van der Waals surface area contributed by atoms with E-state index in [2.05, 4.69) is 24.8 Å². The molecule has 0 heterocycles. The predicted molar refractivity (Wildman–Crippen MR) is 51.0 cm³/mol. The van der Waals surface area contributed by atoms with E-state index in [1.807, 2.05) is 0 Å². The lowest BCUT2D eigenvalue weighted by Crippen LogP contribution is -2.19. The molecule has 0 aliphatic heterocycles. The molecule has 3 rings (SSSR count).